The number of carbonyl (C=O) groups excluding carboxylic acids is 1. The highest BCUT2D eigenvalue weighted by molar-refractivity contribution is 5.94. The van der Waals surface area contributed by atoms with Crippen molar-refractivity contribution in [2.45, 2.75) is 6.92 Å². The molecule has 2 rings (SSSR count). The van der Waals surface area contributed by atoms with E-state index < -0.39 is 0 Å². The molecule has 2 nitrogen and oxygen atoms in total. The number of aromatic nitrogens is 1. The molecule has 0 atom stereocenters. The Kier molecular flexibility index (Phi) is 3.46. The summed E-state index contributed by atoms with van der Waals surface area (Å²) in [5.74, 6) is 0.0882. The number of carbonyl (C=O) groups is 1. The normalized spacial score (nSPS) is 10.6. The lowest BCUT2D eigenvalue weighted by molar-refractivity contribution is 0.101. The molecule has 0 aliphatic carbocycles. The van der Waals surface area contributed by atoms with Crippen LogP contribution in [0.15, 0.2) is 48.7 Å². The summed E-state index contributed by atoms with van der Waals surface area (Å²) in [6.07, 6.45) is 5.69. The van der Waals surface area contributed by atoms with Gasteiger partial charge in [-0.1, -0.05) is 36.4 Å². The second-order valence-corrected chi connectivity index (χ2v) is 3.77. The minimum absolute atomic E-state index is 0.0882. The number of hydrogen-bond donors (Lipinski definition) is 0. The lowest BCUT2D eigenvalue weighted by Crippen LogP contribution is -1.90. The topological polar surface area (TPSA) is 30.0 Å². The summed E-state index contributed by atoms with van der Waals surface area (Å²) in [6.45, 7) is 1.57. The van der Waals surface area contributed by atoms with E-state index in [4.69, 9.17) is 0 Å². The molecule has 0 saturated carbocycles. The molecule has 1 aromatic heterocycles. The number of benzene rings is 1. The highest BCUT2D eigenvalue weighted by Crippen LogP contribution is 2.08. The average Bonchev–Trinajstić information content (AvgIpc) is 2.38. The quantitative estimate of drug-likeness (QED) is 0.746. The highest BCUT2D eigenvalue weighted by atomic mass is 16.1. The third kappa shape index (κ3) is 3.11. The molecular formula is C15H13NO. The van der Waals surface area contributed by atoms with Gasteiger partial charge in [0.05, 0.1) is 5.69 Å². The maximum absolute atomic E-state index is 11.1. The van der Waals surface area contributed by atoms with Gasteiger partial charge in [-0.05, 0) is 30.7 Å². The van der Waals surface area contributed by atoms with E-state index in [1.807, 2.05) is 54.6 Å². The van der Waals surface area contributed by atoms with Crippen LogP contribution in [0.4, 0.5) is 0 Å². The van der Waals surface area contributed by atoms with E-state index in [0.717, 1.165) is 16.8 Å². The summed E-state index contributed by atoms with van der Waals surface area (Å²) in [5, 5.41) is 0. The Hall–Kier alpha value is -2.22. The van der Waals surface area contributed by atoms with Crippen LogP contribution in [0.25, 0.3) is 12.2 Å². The molecule has 1 aromatic carbocycles. The van der Waals surface area contributed by atoms with E-state index in [9.17, 15) is 4.79 Å². The maximum atomic E-state index is 11.1. The van der Waals surface area contributed by atoms with Crippen molar-refractivity contribution < 1.29 is 4.79 Å². The van der Waals surface area contributed by atoms with Gasteiger partial charge in [0.2, 0.25) is 0 Å². The smallest absolute Gasteiger partial charge is 0.159 e. The van der Waals surface area contributed by atoms with Gasteiger partial charge >= 0.3 is 0 Å². The van der Waals surface area contributed by atoms with Crippen molar-refractivity contribution in [2.75, 3.05) is 0 Å². The molecule has 0 saturated heterocycles. The molecule has 0 aliphatic rings. The van der Waals surface area contributed by atoms with Crippen LogP contribution in [-0.2, 0) is 0 Å². The fourth-order valence-electron chi connectivity index (χ4n) is 1.49. The van der Waals surface area contributed by atoms with Crippen LogP contribution in [-0.4, -0.2) is 10.8 Å². The SMILES string of the molecule is CC(=O)c1ccc(/C=C\c2ccccn2)cc1. The van der Waals surface area contributed by atoms with Crippen LogP contribution >= 0.6 is 0 Å². The molecule has 0 spiro atoms. The Bertz CT molecular complexity index is 527. The first-order chi connectivity index (χ1) is 8.25. The zero-order valence-corrected chi connectivity index (χ0v) is 9.63. The van der Waals surface area contributed by atoms with E-state index in [-0.39, 0.29) is 5.78 Å². The van der Waals surface area contributed by atoms with E-state index in [1.54, 1.807) is 13.1 Å². The largest absolute Gasteiger partial charge is 0.295 e. The van der Waals surface area contributed by atoms with Gasteiger partial charge in [-0.15, -0.1) is 0 Å². The van der Waals surface area contributed by atoms with Crippen molar-refractivity contribution in [1.82, 2.24) is 4.98 Å². The number of pyridine rings is 1. The summed E-state index contributed by atoms with van der Waals surface area (Å²) in [7, 11) is 0. The Balaban J connectivity index is 2.14. The van der Waals surface area contributed by atoms with Crippen molar-refractivity contribution in [3.05, 3.63) is 65.5 Å². The van der Waals surface area contributed by atoms with Gasteiger partial charge in [-0.25, -0.2) is 0 Å². The monoisotopic (exact) mass is 223 g/mol. The van der Waals surface area contributed by atoms with Crippen LogP contribution < -0.4 is 0 Å². The Morgan fingerprint density at radius 1 is 1.06 bits per heavy atom. The second-order valence-electron chi connectivity index (χ2n) is 3.77. The van der Waals surface area contributed by atoms with Gasteiger partial charge < -0.3 is 0 Å². The highest BCUT2D eigenvalue weighted by Gasteiger charge is 1.96. The number of hydrogen-bond acceptors (Lipinski definition) is 2. The molecule has 0 unspecified atom stereocenters. The van der Waals surface area contributed by atoms with E-state index in [1.165, 1.54) is 0 Å². The van der Waals surface area contributed by atoms with Crippen molar-refractivity contribution in [3.63, 3.8) is 0 Å². The second kappa shape index (κ2) is 5.21. The van der Waals surface area contributed by atoms with Gasteiger partial charge in [0.25, 0.3) is 0 Å². The Morgan fingerprint density at radius 3 is 2.41 bits per heavy atom. The molecule has 17 heavy (non-hydrogen) atoms. The lowest BCUT2D eigenvalue weighted by atomic mass is 10.1. The third-order valence-corrected chi connectivity index (χ3v) is 2.45. The van der Waals surface area contributed by atoms with Gasteiger partial charge in [-0.2, -0.15) is 0 Å². The van der Waals surface area contributed by atoms with Crippen molar-refractivity contribution in [1.29, 1.82) is 0 Å². The maximum Gasteiger partial charge on any atom is 0.159 e. The first-order valence-electron chi connectivity index (χ1n) is 5.46. The average molecular weight is 223 g/mol. The molecule has 2 heteroatoms. The summed E-state index contributed by atoms with van der Waals surface area (Å²) in [5.41, 5.74) is 2.71. The molecule has 2 aromatic rings. The van der Waals surface area contributed by atoms with Crippen molar-refractivity contribution in [3.8, 4) is 0 Å². The predicted molar refractivity (Wildman–Crippen MR) is 69.6 cm³/mol. The fourth-order valence-corrected chi connectivity index (χ4v) is 1.49. The van der Waals surface area contributed by atoms with Crippen LogP contribution in [0.2, 0.25) is 0 Å². The zero-order chi connectivity index (χ0) is 12.1. The van der Waals surface area contributed by atoms with E-state index >= 15 is 0 Å². The molecule has 0 bridgehead atoms. The molecule has 0 radical (unpaired) electrons. The molecule has 0 aliphatic heterocycles. The van der Waals surface area contributed by atoms with Crippen LogP contribution in [0.1, 0.15) is 28.5 Å². The number of Topliss-reactive ketones (excluding diaryl/α,β-unsaturated/α-hetero) is 1. The Labute approximate surface area is 101 Å². The van der Waals surface area contributed by atoms with Crippen molar-refractivity contribution in [2.24, 2.45) is 0 Å². The van der Waals surface area contributed by atoms with Gasteiger partial charge in [0, 0.05) is 11.8 Å². The molecular weight excluding hydrogens is 210 g/mol. The molecule has 0 N–H and O–H groups in total. The third-order valence-electron chi connectivity index (χ3n) is 2.45. The van der Waals surface area contributed by atoms with Crippen molar-refractivity contribution >= 4 is 17.9 Å². The Morgan fingerprint density at radius 2 is 1.82 bits per heavy atom. The zero-order valence-electron chi connectivity index (χ0n) is 9.63. The molecule has 0 fully saturated rings. The molecule has 1 heterocycles. The van der Waals surface area contributed by atoms with Gasteiger partial charge in [-0.3, -0.25) is 9.78 Å². The van der Waals surface area contributed by atoms with Crippen LogP contribution in [0.5, 0.6) is 0 Å². The minimum Gasteiger partial charge on any atom is -0.295 e. The summed E-state index contributed by atoms with van der Waals surface area (Å²) < 4.78 is 0. The first-order valence-corrected chi connectivity index (χ1v) is 5.46. The summed E-state index contributed by atoms with van der Waals surface area (Å²) >= 11 is 0. The van der Waals surface area contributed by atoms with E-state index in [2.05, 4.69) is 4.98 Å². The van der Waals surface area contributed by atoms with Gasteiger partial charge in [0.1, 0.15) is 0 Å². The number of rotatable bonds is 3. The lowest BCUT2D eigenvalue weighted by Gasteiger charge is -1.96. The number of nitrogens with zero attached hydrogens (tertiary/aromatic N) is 1. The molecule has 0 amide bonds. The van der Waals surface area contributed by atoms with Crippen LogP contribution in [0.3, 0.4) is 0 Å². The van der Waals surface area contributed by atoms with E-state index in [0.29, 0.717) is 0 Å². The summed E-state index contributed by atoms with van der Waals surface area (Å²) in [6, 6.07) is 13.3. The van der Waals surface area contributed by atoms with Gasteiger partial charge in [0.15, 0.2) is 5.78 Å². The molecule has 84 valence electrons. The number of ketones is 1. The standard InChI is InChI=1S/C15H13NO/c1-12(17)14-8-5-13(6-9-14)7-10-15-4-2-3-11-16-15/h2-11H,1H3/b10-7-. The first kappa shape index (κ1) is 11.3. The predicted octanol–water partition coefficient (Wildman–Crippen LogP) is 3.45. The fraction of sp³-hybridized carbons (Fsp3) is 0.0667. The summed E-state index contributed by atoms with van der Waals surface area (Å²) in [4.78, 5) is 15.3. The van der Waals surface area contributed by atoms with Crippen LogP contribution in [0, 0.1) is 0 Å². The minimum atomic E-state index is 0.0882.